The SMILES string of the molecule is CC(Nc1nnc(OCCCCCCO)c2cc(N3CCOCC3)ccc12)c1cccc(C(F)(F)C2CCN(C(=O)O)CC2)c1. The molecule has 0 aliphatic carbocycles. The molecule has 2 fully saturated rings. The highest BCUT2D eigenvalue weighted by Crippen LogP contribution is 2.42. The summed E-state index contributed by atoms with van der Waals surface area (Å²) in [7, 11) is 0. The number of aromatic nitrogens is 2. The highest BCUT2D eigenvalue weighted by molar-refractivity contribution is 5.97. The van der Waals surface area contributed by atoms with E-state index in [9.17, 15) is 9.90 Å². The number of unbranched alkanes of at least 4 members (excludes halogenated alkanes) is 3. The molecule has 0 spiro atoms. The van der Waals surface area contributed by atoms with Crippen molar-refractivity contribution in [2.75, 3.05) is 62.8 Å². The number of piperidine rings is 1. The fourth-order valence-corrected chi connectivity index (χ4v) is 6.06. The van der Waals surface area contributed by atoms with Crippen LogP contribution >= 0.6 is 0 Å². The lowest BCUT2D eigenvalue weighted by atomic mass is 9.85. The molecule has 1 atom stereocenters. The van der Waals surface area contributed by atoms with Gasteiger partial charge in [0.05, 0.1) is 31.2 Å². The maximum atomic E-state index is 15.6. The second-order valence-electron chi connectivity index (χ2n) is 11.8. The maximum absolute atomic E-state index is 15.6. The highest BCUT2D eigenvalue weighted by Gasteiger charge is 2.43. The molecule has 3 N–H and O–H groups in total. The minimum Gasteiger partial charge on any atom is -0.476 e. The third-order valence-electron chi connectivity index (χ3n) is 8.80. The first-order chi connectivity index (χ1) is 21.8. The van der Waals surface area contributed by atoms with Crippen LogP contribution in [-0.4, -0.2) is 84.0 Å². The van der Waals surface area contributed by atoms with Gasteiger partial charge in [0.25, 0.3) is 5.92 Å². The summed E-state index contributed by atoms with van der Waals surface area (Å²) in [5.41, 5.74) is 1.64. The number of benzene rings is 2. The van der Waals surface area contributed by atoms with E-state index >= 15 is 8.78 Å². The third kappa shape index (κ3) is 7.91. The average Bonchev–Trinajstić information content (AvgIpc) is 3.07. The first kappa shape index (κ1) is 32.6. The fourth-order valence-electron chi connectivity index (χ4n) is 6.06. The van der Waals surface area contributed by atoms with Crippen molar-refractivity contribution in [1.29, 1.82) is 0 Å². The number of nitrogens with one attached hydrogen (secondary N) is 1. The van der Waals surface area contributed by atoms with Crippen LogP contribution in [0.5, 0.6) is 5.88 Å². The van der Waals surface area contributed by atoms with Crippen LogP contribution in [0.15, 0.2) is 42.5 Å². The summed E-state index contributed by atoms with van der Waals surface area (Å²) < 4.78 is 42.9. The van der Waals surface area contributed by atoms with Crippen LogP contribution in [0, 0.1) is 5.92 Å². The van der Waals surface area contributed by atoms with Gasteiger partial charge < -0.3 is 34.8 Å². The van der Waals surface area contributed by atoms with Gasteiger partial charge in [0.2, 0.25) is 5.88 Å². The van der Waals surface area contributed by atoms with E-state index in [1.807, 2.05) is 25.1 Å². The molecule has 244 valence electrons. The van der Waals surface area contributed by atoms with Crippen molar-refractivity contribution in [1.82, 2.24) is 15.1 Å². The first-order valence-electron chi connectivity index (χ1n) is 15.9. The van der Waals surface area contributed by atoms with Crippen molar-refractivity contribution in [2.24, 2.45) is 5.92 Å². The van der Waals surface area contributed by atoms with Crippen molar-refractivity contribution in [3.8, 4) is 5.88 Å². The number of likely N-dealkylation sites (tertiary alicyclic amines) is 1. The van der Waals surface area contributed by atoms with E-state index < -0.39 is 17.9 Å². The molecule has 1 amide bonds. The number of carboxylic acid groups (broad SMARTS) is 1. The zero-order valence-electron chi connectivity index (χ0n) is 25.8. The molecule has 45 heavy (non-hydrogen) atoms. The van der Waals surface area contributed by atoms with Crippen molar-refractivity contribution in [3.05, 3.63) is 53.6 Å². The van der Waals surface area contributed by atoms with Crippen LogP contribution in [0.1, 0.15) is 62.6 Å². The van der Waals surface area contributed by atoms with Crippen LogP contribution < -0.4 is 15.0 Å². The quantitative estimate of drug-likeness (QED) is 0.195. The van der Waals surface area contributed by atoms with Gasteiger partial charge in [0.15, 0.2) is 5.82 Å². The number of hydrogen-bond donors (Lipinski definition) is 3. The minimum atomic E-state index is -3.08. The number of aliphatic hydroxyl groups is 1. The van der Waals surface area contributed by atoms with Crippen LogP contribution in [0.3, 0.4) is 0 Å². The van der Waals surface area contributed by atoms with Crippen LogP contribution in [-0.2, 0) is 10.7 Å². The number of amides is 1. The zero-order valence-corrected chi connectivity index (χ0v) is 25.8. The van der Waals surface area contributed by atoms with Gasteiger partial charge in [-0.25, -0.2) is 13.6 Å². The molecule has 0 saturated carbocycles. The standard InChI is InChI=1S/C33H43F2N5O5/c1-23(24-7-6-8-26(21-24)33(34,35)25-11-13-40(14-12-25)32(42)43)36-30-28-10-9-27(39-15-19-44-20-16-39)22-29(28)31(38-37-30)45-18-5-3-2-4-17-41/h6-10,21-23,25,41H,2-5,11-20H2,1H3,(H,36,37)(H,42,43). The van der Waals surface area contributed by atoms with E-state index in [-0.39, 0.29) is 44.1 Å². The van der Waals surface area contributed by atoms with Gasteiger partial charge in [-0.1, -0.05) is 24.6 Å². The molecule has 2 aromatic carbocycles. The molecule has 10 nitrogen and oxygen atoms in total. The lowest BCUT2D eigenvalue weighted by molar-refractivity contribution is -0.0836. The molecule has 3 aromatic rings. The van der Waals surface area contributed by atoms with E-state index in [4.69, 9.17) is 14.6 Å². The number of morpholine rings is 1. The third-order valence-corrected chi connectivity index (χ3v) is 8.80. The maximum Gasteiger partial charge on any atom is 0.407 e. The predicted octanol–water partition coefficient (Wildman–Crippen LogP) is 6.05. The molecule has 5 rings (SSSR count). The number of carbonyl (C=O) groups is 1. The number of fused-ring (bicyclic) bond motifs is 1. The van der Waals surface area contributed by atoms with Gasteiger partial charge in [0, 0.05) is 55.3 Å². The molecule has 0 bridgehead atoms. The molecule has 1 unspecified atom stereocenters. The second kappa shape index (κ2) is 15.0. The average molecular weight is 628 g/mol. The number of hydrogen-bond acceptors (Lipinski definition) is 8. The van der Waals surface area contributed by atoms with Gasteiger partial charge >= 0.3 is 6.09 Å². The van der Waals surface area contributed by atoms with Gasteiger partial charge in [-0.3, -0.25) is 0 Å². The first-order valence-corrected chi connectivity index (χ1v) is 15.9. The number of halogens is 2. The van der Waals surface area contributed by atoms with E-state index in [2.05, 4.69) is 26.5 Å². The fraction of sp³-hybridized carbons (Fsp3) is 0.545. The Labute approximate surface area is 262 Å². The molecule has 2 aliphatic heterocycles. The summed E-state index contributed by atoms with van der Waals surface area (Å²) in [4.78, 5) is 14.7. The Morgan fingerprint density at radius 3 is 2.53 bits per heavy atom. The number of ether oxygens (including phenoxy) is 2. The Kier molecular flexibility index (Phi) is 10.9. The molecular formula is C33H43F2N5O5. The topological polar surface area (TPSA) is 120 Å². The molecular weight excluding hydrogens is 584 g/mol. The number of anilines is 2. The van der Waals surface area contributed by atoms with Crippen LogP contribution in [0.25, 0.3) is 10.8 Å². The van der Waals surface area contributed by atoms with Crippen LogP contribution in [0.2, 0.25) is 0 Å². The minimum absolute atomic E-state index is 0.0729. The van der Waals surface area contributed by atoms with Crippen molar-refractivity contribution in [3.63, 3.8) is 0 Å². The van der Waals surface area contributed by atoms with Gasteiger partial charge in [-0.2, -0.15) is 0 Å². The van der Waals surface area contributed by atoms with Gasteiger partial charge in [-0.15, -0.1) is 10.2 Å². The summed E-state index contributed by atoms with van der Waals surface area (Å²) >= 11 is 0. The molecule has 2 aliphatic rings. The number of rotatable bonds is 13. The predicted molar refractivity (Wildman–Crippen MR) is 168 cm³/mol. The van der Waals surface area contributed by atoms with Crippen LogP contribution in [0.4, 0.5) is 25.1 Å². The number of aliphatic hydroxyl groups excluding tert-OH is 1. The van der Waals surface area contributed by atoms with Crippen molar-refractivity contribution in [2.45, 2.75) is 57.4 Å². The second-order valence-corrected chi connectivity index (χ2v) is 11.8. The van der Waals surface area contributed by atoms with E-state index in [0.29, 0.717) is 37.1 Å². The highest BCUT2D eigenvalue weighted by atomic mass is 19.3. The summed E-state index contributed by atoms with van der Waals surface area (Å²) in [6, 6.07) is 12.2. The Bertz CT molecular complexity index is 1430. The normalized spacial score (nSPS) is 17.0. The zero-order chi connectivity index (χ0) is 31.8. The molecule has 12 heteroatoms. The summed E-state index contributed by atoms with van der Waals surface area (Å²) in [6.07, 6.45) is 2.65. The monoisotopic (exact) mass is 627 g/mol. The summed E-state index contributed by atoms with van der Waals surface area (Å²) in [6.45, 7) is 5.67. The van der Waals surface area contributed by atoms with Gasteiger partial charge in [-0.05, 0) is 68.9 Å². The molecule has 2 saturated heterocycles. The summed E-state index contributed by atoms with van der Waals surface area (Å²) in [5, 5.41) is 32.1. The Morgan fingerprint density at radius 1 is 1.04 bits per heavy atom. The molecule has 3 heterocycles. The Hall–Kier alpha value is -3.77. The van der Waals surface area contributed by atoms with Crippen molar-refractivity contribution < 1.29 is 33.3 Å². The number of alkyl halides is 2. The van der Waals surface area contributed by atoms with E-state index in [0.717, 1.165) is 55.2 Å². The summed E-state index contributed by atoms with van der Waals surface area (Å²) in [5.74, 6) is -3.04. The largest absolute Gasteiger partial charge is 0.476 e. The van der Waals surface area contributed by atoms with E-state index in [1.165, 1.54) is 17.0 Å². The lowest BCUT2D eigenvalue weighted by Crippen LogP contribution is -2.41. The van der Waals surface area contributed by atoms with E-state index in [1.54, 1.807) is 6.07 Å². The molecule has 1 aromatic heterocycles. The van der Waals surface area contributed by atoms with Gasteiger partial charge in [0.1, 0.15) is 0 Å². The smallest absolute Gasteiger partial charge is 0.407 e. The Morgan fingerprint density at radius 2 is 1.80 bits per heavy atom. The Balaban J connectivity index is 1.35. The number of nitrogens with zero attached hydrogens (tertiary/aromatic N) is 4. The van der Waals surface area contributed by atoms with Crippen molar-refractivity contribution >= 4 is 28.4 Å². The lowest BCUT2D eigenvalue weighted by Gasteiger charge is -2.35. The molecule has 0 radical (unpaired) electrons.